The molecule has 0 aliphatic rings. The molecule has 0 spiro atoms. The summed E-state index contributed by atoms with van der Waals surface area (Å²) in [6, 6.07) is 0. The standard InChI is InChI=1S/C35H67NS2/c1-4-6-8-10-12-14-16-18-19-21-23-25-27-29-31-34(37)36-35(38)32-33(3)30-28-26-24-22-20-17-15-13-11-9-7-5-2/h3-32H2,1-2H3,(H,36,37,38). The maximum absolute atomic E-state index is 5.55. The average molecular weight is 566 g/mol. The Morgan fingerprint density at radius 1 is 0.421 bits per heavy atom. The monoisotopic (exact) mass is 565 g/mol. The van der Waals surface area contributed by atoms with Crippen LogP contribution in [0.1, 0.15) is 200 Å². The van der Waals surface area contributed by atoms with Crippen LogP contribution < -0.4 is 5.32 Å². The first kappa shape index (κ1) is 37.7. The topological polar surface area (TPSA) is 12.0 Å². The molecule has 0 atom stereocenters. The molecular weight excluding hydrogens is 499 g/mol. The smallest absolute Gasteiger partial charge is 0.0841 e. The molecule has 0 rings (SSSR count). The first-order valence-corrected chi connectivity index (χ1v) is 17.9. The van der Waals surface area contributed by atoms with E-state index in [4.69, 9.17) is 24.4 Å². The zero-order valence-electron chi connectivity index (χ0n) is 26.0. The highest BCUT2D eigenvalue weighted by Crippen LogP contribution is 2.16. The highest BCUT2D eigenvalue weighted by atomic mass is 32.1. The van der Waals surface area contributed by atoms with Gasteiger partial charge in [0, 0.05) is 6.42 Å². The molecule has 0 saturated carbocycles. The second-order valence-corrected chi connectivity index (χ2v) is 12.9. The highest BCUT2D eigenvalue weighted by Gasteiger charge is 2.04. The quantitative estimate of drug-likeness (QED) is 0.0528. The Morgan fingerprint density at radius 2 is 0.711 bits per heavy atom. The number of unbranched alkanes of at least 4 members (excludes halogenated alkanes) is 24. The van der Waals surface area contributed by atoms with Crippen LogP contribution in [-0.4, -0.2) is 9.98 Å². The molecule has 0 radical (unpaired) electrons. The van der Waals surface area contributed by atoms with Gasteiger partial charge in [0.15, 0.2) is 0 Å². The SMILES string of the molecule is C=C(CCCCCCCCCCCCCC)CC(=S)NC(=S)CCCCCCCCCCCCCCCC. The predicted octanol–water partition coefficient (Wildman–Crippen LogP) is 13.1. The maximum Gasteiger partial charge on any atom is 0.0841 e. The largest absolute Gasteiger partial charge is 0.344 e. The van der Waals surface area contributed by atoms with Gasteiger partial charge in [-0.3, -0.25) is 0 Å². The minimum absolute atomic E-state index is 0.798. The van der Waals surface area contributed by atoms with Crippen molar-refractivity contribution in [3.05, 3.63) is 12.2 Å². The first-order chi connectivity index (χ1) is 18.6. The molecule has 0 bridgehead atoms. The van der Waals surface area contributed by atoms with Crippen molar-refractivity contribution in [2.45, 2.75) is 200 Å². The van der Waals surface area contributed by atoms with Crippen molar-refractivity contribution >= 4 is 34.4 Å². The van der Waals surface area contributed by atoms with E-state index >= 15 is 0 Å². The molecule has 0 aromatic carbocycles. The lowest BCUT2D eigenvalue weighted by Crippen LogP contribution is -2.27. The number of rotatable bonds is 30. The van der Waals surface area contributed by atoms with Gasteiger partial charge in [-0.05, 0) is 25.7 Å². The molecule has 0 saturated heterocycles. The lowest BCUT2D eigenvalue weighted by molar-refractivity contribution is 0.537. The van der Waals surface area contributed by atoms with Crippen LogP contribution in [0, 0.1) is 0 Å². The molecular formula is C35H67NS2. The van der Waals surface area contributed by atoms with Gasteiger partial charge in [-0.1, -0.05) is 205 Å². The van der Waals surface area contributed by atoms with Crippen LogP contribution in [0.5, 0.6) is 0 Å². The van der Waals surface area contributed by atoms with E-state index in [1.165, 1.54) is 173 Å². The van der Waals surface area contributed by atoms with E-state index in [9.17, 15) is 0 Å². The molecule has 0 fully saturated rings. The molecule has 0 unspecified atom stereocenters. The summed E-state index contributed by atoms with van der Waals surface area (Å²) in [5.74, 6) is 0. The van der Waals surface area contributed by atoms with E-state index in [1.54, 1.807) is 0 Å². The molecule has 38 heavy (non-hydrogen) atoms. The van der Waals surface area contributed by atoms with Crippen molar-refractivity contribution in [2.24, 2.45) is 0 Å². The van der Waals surface area contributed by atoms with Crippen LogP contribution in [0.25, 0.3) is 0 Å². The lowest BCUT2D eigenvalue weighted by Gasteiger charge is -2.11. The first-order valence-electron chi connectivity index (χ1n) is 17.1. The van der Waals surface area contributed by atoms with E-state index in [-0.39, 0.29) is 0 Å². The fourth-order valence-electron chi connectivity index (χ4n) is 5.27. The van der Waals surface area contributed by atoms with Crippen molar-refractivity contribution in [2.75, 3.05) is 0 Å². The second kappa shape index (κ2) is 31.3. The maximum atomic E-state index is 5.55. The van der Waals surface area contributed by atoms with Crippen LogP contribution in [0.3, 0.4) is 0 Å². The summed E-state index contributed by atoms with van der Waals surface area (Å²) in [7, 11) is 0. The minimum atomic E-state index is 0.798. The lowest BCUT2D eigenvalue weighted by atomic mass is 10.0. The molecule has 3 heteroatoms. The van der Waals surface area contributed by atoms with Crippen molar-refractivity contribution in [1.82, 2.24) is 5.32 Å². The molecule has 0 aromatic heterocycles. The van der Waals surface area contributed by atoms with Gasteiger partial charge in [-0.25, -0.2) is 0 Å². The Kier molecular flexibility index (Phi) is 31.0. The molecule has 0 aliphatic carbocycles. The Labute approximate surface area is 251 Å². The van der Waals surface area contributed by atoms with Gasteiger partial charge in [-0.15, -0.1) is 0 Å². The van der Waals surface area contributed by atoms with Gasteiger partial charge in [0.1, 0.15) is 0 Å². The van der Waals surface area contributed by atoms with Gasteiger partial charge in [-0.2, -0.15) is 0 Å². The summed E-state index contributed by atoms with van der Waals surface area (Å²) < 4.78 is 0. The van der Waals surface area contributed by atoms with Crippen molar-refractivity contribution in [1.29, 1.82) is 0 Å². The molecule has 0 amide bonds. The third kappa shape index (κ3) is 30.3. The number of thiocarbonyl (C=S) groups is 2. The average Bonchev–Trinajstić information content (AvgIpc) is 2.89. The van der Waals surface area contributed by atoms with Gasteiger partial charge in [0.2, 0.25) is 0 Å². The Bertz CT molecular complexity index is 542. The van der Waals surface area contributed by atoms with Crippen molar-refractivity contribution in [3.63, 3.8) is 0 Å². The molecule has 0 aromatic rings. The van der Waals surface area contributed by atoms with Gasteiger partial charge < -0.3 is 5.32 Å². The fraction of sp³-hybridized carbons (Fsp3) is 0.886. The third-order valence-electron chi connectivity index (χ3n) is 7.83. The van der Waals surface area contributed by atoms with E-state index in [0.717, 1.165) is 29.2 Å². The van der Waals surface area contributed by atoms with Crippen LogP contribution >= 0.6 is 24.4 Å². The summed E-state index contributed by atoms with van der Waals surface area (Å²) in [6.45, 7) is 8.84. The second-order valence-electron chi connectivity index (χ2n) is 11.9. The molecule has 224 valence electrons. The zero-order valence-corrected chi connectivity index (χ0v) is 27.7. The molecule has 0 heterocycles. The fourth-order valence-corrected chi connectivity index (χ4v) is 5.93. The zero-order chi connectivity index (χ0) is 27.9. The van der Waals surface area contributed by atoms with E-state index < -0.39 is 0 Å². The minimum Gasteiger partial charge on any atom is -0.344 e. The van der Waals surface area contributed by atoms with Crippen LogP contribution in [0.2, 0.25) is 0 Å². The van der Waals surface area contributed by atoms with Crippen LogP contribution in [0.4, 0.5) is 0 Å². The highest BCUT2D eigenvalue weighted by molar-refractivity contribution is 7.81. The van der Waals surface area contributed by atoms with Gasteiger partial charge in [0.25, 0.3) is 0 Å². The molecule has 1 N–H and O–H groups in total. The van der Waals surface area contributed by atoms with E-state index in [2.05, 4.69) is 25.7 Å². The summed E-state index contributed by atoms with van der Waals surface area (Å²) in [5, 5.41) is 3.31. The van der Waals surface area contributed by atoms with E-state index in [1.807, 2.05) is 0 Å². The summed E-state index contributed by atoms with van der Waals surface area (Å²) in [4.78, 5) is 1.79. The number of hydrogen-bond donors (Lipinski definition) is 1. The Hall–Kier alpha value is -0.280. The normalized spacial score (nSPS) is 11.1. The molecule has 1 nitrogen and oxygen atoms in total. The van der Waals surface area contributed by atoms with Gasteiger partial charge >= 0.3 is 0 Å². The predicted molar refractivity (Wildman–Crippen MR) is 183 cm³/mol. The summed E-state index contributed by atoms with van der Waals surface area (Å²) in [6.07, 6.45) is 39.0. The Balaban J connectivity index is 3.42. The van der Waals surface area contributed by atoms with Crippen molar-refractivity contribution in [3.8, 4) is 0 Å². The Morgan fingerprint density at radius 3 is 1.05 bits per heavy atom. The third-order valence-corrected chi connectivity index (χ3v) is 8.38. The number of nitrogens with one attached hydrogen (secondary N) is 1. The summed E-state index contributed by atoms with van der Waals surface area (Å²) in [5.41, 5.74) is 1.26. The molecule has 0 aliphatic heterocycles. The van der Waals surface area contributed by atoms with Crippen LogP contribution in [0.15, 0.2) is 12.2 Å². The van der Waals surface area contributed by atoms with Crippen molar-refractivity contribution < 1.29 is 0 Å². The van der Waals surface area contributed by atoms with Crippen LogP contribution in [-0.2, 0) is 0 Å². The van der Waals surface area contributed by atoms with Gasteiger partial charge in [0.05, 0.1) is 9.98 Å². The summed E-state index contributed by atoms with van der Waals surface area (Å²) >= 11 is 11.1. The number of hydrogen-bond acceptors (Lipinski definition) is 2. The van der Waals surface area contributed by atoms with E-state index in [0.29, 0.717) is 0 Å².